The van der Waals surface area contributed by atoms with Gasteiger partial charge < -0.3 is 10.4 Å². The van der Waals surface area contributed by atoms with Gasteiger partial charge in [-0.15, -0.1) is 0 Å². The Morgan fingerprint density at radius 2 is 1.80 bits per heavy atom. The second-order valence-electron chi connectivity index (χ2n) is 3.69. The van der Waals surface area contributed by atoms with Crippen LogP contribution < -0.4 is 5.32 Å². The van der Waals surface area contributed by atoms with Crippen molar-refractivity contribution in [2.45, 2.75) is 43.7 Å². The minimum atomic E-state index is -0.00646. The van der Waals surface area contributed by atoms with E-state index in [0.717, 1.165) is 12.8 Å². The SMILES string of the molecule is OC1CCC2(CCN2)CC1. The first kappa shape index (κ1) is 6.62. The van der Waals surface area contributed by atoms with Gasteiger partial charge in [0.25, 0.3) is 0 Å². The summed E-state index contributed by atoms with van der Waals surface area (Å²) in [5.74, 6) is 0. The second kappa shape index (κ2) is 2.21. The number of hydrogen-bond acceptors (Lipinski definition) is 2. The first-order valence-electron chi connectivity index (χ1n) is 4.24. The summed E-state index contributed by atoms with van der Waals surface area (Å²) in [6.07, 6.45) is 5.72. The average Bonchev–Trinajstić information content (AvgIpc) is 1.86. The van der Waals surface area contributed by atoms with Crippen molar-refractivity contribution in [2.75, 3.05) is 6.54 Å². The molecule has 0 amide bonds. The highest BCUT2D eigenvalue weighted by atomic mass is 16.3. The van der Waals surface area contributed by atoms with Gasteiger partial charge in [0.15, 0.2) is 0 Å². The van der Waals surface area contributed by atoms with Crippen LogP contribution in [0.2, 0.25) is 0 Å². The average molecular weight is 141 g/mol. The summed E-state index contributed by atoms with van der Waals surface area (Å²) in [7, 11) is 0. The fourth-order valence-corrected chi connectivity index (χ4v) is 2.06. The van der Waals surface area contributed by atoms with Crippen LogP contribution in [0.25, 0.3) is 0 Å². The second-order valence-corrected chi connectivity index (χ2v) is 3.69. The molecule has 0 aromatic rings. The molecule has 2 fully saturated rings. The van der Waals surface area contributed by atoms with Crippen LogP contribution in [-0.4, -0.2) is 23.3 Å². The van der Waals surface area contributed by atoms with Crippen molar-refractivity contribution >= 4 is 0 Å². The molecule has 0 aromatic carbocycles. The summed E-state index contributed by atoms with van der Waals surface area (Å²) in [5.41, 5.74) is 0.471. The largest absolute Gasteiger partial charge is 0.393 e. The van der Waals surface area contributed by atoms with Gasteiger partial charge in [-0.25, -0.2) is 0 Å². The summed E-state index contributed by atoms with van der Waals surface area (Å²) in [6, 6.07) is 0. The van der Waals surface area contributed by atoms with Crippen LogP contribution in [0.4, 0.5) is 0 Å². The maximum Gasteiger partial charge on any atom is 0.0541 e. The molecule has 1 saturated carbocycles. The Morgan fingerprint density at radius 1 is 1.20 bits per heavy atom. The zero-order chi connectivity index (χ0) is 7.03. The van der Waals surface area contributed by atoms with E-state index >= 15 is 0 Å². The molecule has 2 rings (SSSR count). The molecule has 0 radical (unpaired) electrons. The maximum atomic E-state index is 9.23. The van der Waals surface area contributed by atoms with Crippen molar-refractivity contribution in [1.29, 1.82) is 0 Å². The van der Waals surface area contributed by atoms with E-state index in [4.69, 9.17) is 0 Å². The Hall–Kier alpha value is -0.0800. The van der Waals surface area contributed by atoms with E-state index in [0.29, 0.717) is 5.54 Å². The summed E-state index contributed by atoms with van der Waals surface area (Å²) < 4.78 is 0. The fraction of sp³-hybridized carbons (Fsp3) is 1.00. The zero-order valence-corrected chi connectivity index (χ0v) is 6.27. The number of rotatable bonds is 0. The van der Waals surface area contributed by atoms with E-state index in [9.17, 15) is 5.11 Å². The van der Waals surface area contributed by atoms with Gasteiger partial charge >= 0.3 is 0 Å². The number of aliphatic hydroxyl groups is 1. The number of nitrogens with one attached hydrogen (secondary N) is 1. The molecule has 1 aliphatic heterocycles. The highest BCUT2D eigenvalue weighted by molar-refractivity contribution is 4.99. The Balaban J connectivity index is 1.90. The molecule has 1 heterocycles. The Kier molecular flexibility index (Phi) is 1.46. The molecule has 0 bridgehead atoms. The van der Waals surface area contributed by atoms with Crippen molar-refractivity contribution in [1.82, 2.24) is 5.32 Å². The van der Waals surface area contributed by atoms with Crippen molar-refractivity contribution in [2.24, 2.45) is 0 Å². The first-order valence-corrected chi connectivity index (χ1v) is 4.24. The predicted octanol–water partition coefficient (Wildman–Crippen LogP) is 0.653. The van der Waals surface area contributed by atoms with Gasteiger partial charge in [0.2, 0.25) is 0 Å². The molecule has 10 heavy (non-hydrogen) atoms. The van der Waals surface area contributed by atoms with E-state index in [-0.39, 0.29) is 6.10 Å². The molecule has 2 heteroatoms. The lowest BCUT2D eigenvalue weighted by atomic mass is 9.74. The monoisotopic (exact) mass is 141 g/mol. The van der Waals surface area contributed by atoms with Crippen LogP contribution in [0.3, 0.4) is 0 Å². The molecule has 0 atom stereocenters. The lowest BCUT2D eigenvalue weighted by Crippen LogP contribution is -2.58. The van der Waals surface area contributed by atoms with E-state index < -0.39 is 0 Å². The first-order chi connectivity index (χ1) is 4.81. The van der Waals surface area contributed by atoms with Crippen LogP contribution in [0.1, 0.15) is 32.1 Å². The third-order valence-corrected chi connectivity index (χ3v) is 3.02. The van der Waals surface area contributed by atoms with Crippen molar-refractivity contribution in [3.63, 3.8) is 0 Å². The lowest BCUT2D eigenvalue weighted by Gasteiger charge is -2.47. The van der Waals surface area contributed by atoms with Gasteiger partial charge in [0.05, 0.1) is 6.10 Å². The van der Waals surface area contributed by atoms with Crippen LogP contribution in [0.15, 0.2) is 0 Å². The van der Waals surface area contributed by atoms with Crippen LogP contribution >= 0.6 is 0 Å². The Morgan fingerprint density at radius 3 is 2.20 bits per heavy atom. The highest BCUT2D eigenvalue weighted by Crippen LogP contribution is 2.35. The van der Waals surface area contributed by atoms with Gasteiger partial charge in [-0.05, 0) is 38.6 Å². The molecule has 0 unspecified atom stereocenters. The van der Waals surface area contributed by atoms with Crippen molar-refractivity contribution in [3.05, 3.63) is 0 Å². The minimum Gasteiger partial charge on any atom is -0.393 e. The van der Waals surface area contributed by atoms with Crippen LogP contribution in [0.5, 0.6) is 0 Å². The quantitative estimate of drug-likeness (QED) is 0.519. The molecule has 1 aliphatic carbocycles. The van der Waals surface area contributed by atoms with E-state index in [2.05, 4.69) is 5.32 Å². The minimum absolute atomic E-state index is 0.00646. The van der Waals surface area contributed by atoms with E-state index in [1.807, 2.05) is 0 Å². The standard InChI is InChI=1S/C8H15NO/c10-7-1-3-8(4-2-7)5-6-9-8/h7,9-10H,1-6H2. The fourth-order valence-electron chi connectivity index (χ4n) is 2.06. The van der Waals surface area contributed by atoms with Gasteiger partial charge in [0, 0.05) is 5.54 Å². The van der Waals surface area contributed by atoms with Gasteiger partial charge in [-0.2, -0.15) is 0 Å². The van der Waals surface area contributed by atoms with Gasteiger partial charge in [0.1, 0.15) is 0 Å². The number of aliphatic hydroxyl groups excluding tert-OH is 1. The Labute approximate surface area is 61.6 Å². The molecule has 2 nitrogen and oxygen atoms in total. The Bertz CT molecular complexity index is 121. The summed E-state index contributed by atoms with van der Waals surface area (Å²) in [5, 5.41) is 12.7. The molecule has 1 saturated heterocycles. The molecule has 1 spiro atoms. The molecular weight excluding hydrogens is 126 g/mol. The highest BCUT2D eigenvalue weighted by Gasteiger charge is 2.38. The van der Waals surface area contributed by atoms with Crippen molar-refractivity contribution in [3.8, 4) is 0 Å². The third kappa shape index (κ3) is 0.956. The third-order valence-electron chi connectivity index (χ3n) is 3.02. The van der Waals surface area contributed by atoms with Gasteiger partial charge in [-0.1, -0.05) is 0 Å². The van der Waals surface area contributed by atoms with E-state index in [1.54, 1.807) is 0 Å². The van der Waals surface area contributed by atoms with Gasteiger partial charge in [-0.3, -0.25) is 0 Å². The van der Waals surface area contributed by atoms with Crippen LogP contribution in [-0.2, 0) is 0 Å². The summed E-state index contributed by atoms with van der Waals surface area (Å²) in [4.78, 5) is 0. The van der Waals surface area contributed by atoms with Crippen LogP contribution in [0, 0.1) is 0 Å². The zero-order valence-electron chi connectivity index (χ0n) is 6.27. The summed E-state index contributed by atoms with van der Waals surface area (Å²) >= 11 is 0. The maximum absolute atomic E-state index is 9.23. The number of hydrogen-bond donors (Lipinski definition) is 2. The molecule has 0 aromatic heterocycles. The molecular formula is C8H15NO. The normalized spacial score (nSPS) is 47.1. The topological polar surface area (TPSA) is 32.3 Å². The summed E-state index contributed by atoms with van der Waals surface area (Å²) in [6.45, 7) is 1.19. The smallest absolute Gasteiger partial charge is 0.0541 e. The van der Waals surface area contributed by atoms with Crippen molar-refractivity contribution < 1.29 is 5.11 Å². The lowest BCUT2D eigenvalue weighted by molar-refractivity contribution is 0.0533. The molecule has 58 valence electrons. The predicted molar refractivity (Wildman–Crippen MR) is 39.8 cm³/mol. The van der Waals surface area contributed by atoms with E-state index in [1.165, 1.54) is 25.8 Å². The molecule has 2 aliphatic rings. The molecule has 2 N–H and O–H groups in total.